The van der Waals surface area contributed by atoms with Crippen LogP contribution in [0.2, 0.25) is 0 Å². The summed E-state index contributed by atoms with van der Waals surface area (Å²) in [5, 5.41) is -0.501. The molecule has 0 heterocycles. The summed E-state index contributed by atoms with van der Waals surface area (Å²) in [4.78, 5) is 10.3. The van der Waals surface area contributed by atoms with Gasteiger partial charge in [-0.1, -0.05) is 6.92 Å². The number of ether oxygens (including phenoxy) is 1. The molecule has 0 aliphatic carbocycles. The minimum Gasteiger partial charge on any atom is -0.456 e. The van der Waals surface area contributed by atoms with Gasteiger partial charge in [0.15, 0.2) is 0 Å². The normalized spacial score (nSPS) is 9.11. The molecule has 0 rings (SSSR count). The smallest absolute Gasteiger partial charge is 0.396 e. The fourth-order valence-electron chi connectivity index (χ4n) is 0.249. The first-order valence-electron chi connectivity index (χ1n) is 2.51. The van der Waals surface area contributed by atoms with E-state index in [0.29, 0.717) is 18.6 Å². The van der Waals surface area contributed by atoms with E-state index >= 15 is 0 Å². The van der Waals surface area contributed by atoms with Crippen molar-refractivity contribution in [2.24, 2.45) is 5.90 Å². The predicted octanol–water partition coefficient (Wildman–Crippen LogP) is 1.07. The average Bonchev–Trinajstić information content (AvgIpc) is 1.85. The standard InChI is InChI=1S/C4H9NO3S/c1-2-3-7-4(6)9-8-5/h2-3,5H2,1H3. The second-order valence-electron chi connectivity index (χ2n) is 1.28. The summed E-state index contributed by atoms with van der Waals surface area (Å²) < 4.78 is 8.49. The lowest BCUT2D eigenvalue weighted by Gasteiger charge is -1.97. The molecule has 0 aromatic carbocycles. The monoisotopic (exact) mass is 151 g/mol. The van der Waals surface area contributed by atoms with Gasteiger partial charge in [0, 0.05) is 0 Å². The first-order valence-corrected chi connectivity index (χ1v) is 3.25. The fraction of sp³-hybridized carbons (Fsp3) is 0.750. The Kier molecular flexibility index (Phi) is 5.70. The van der Waals surface area contributed by atoms with Crippen molar-refractivity contribution < 1.29 is 13.8 Å². The molecule has 0 bridgehead atoms. The highest BCUT2D eigenvalue weighted by Gasteiger charge is 2.00. The Labute approximate surface area is 57.8 Å². The van der Waals surface area contributed by atoms with Crippen molar-refractivity contribution in [3.8, 4) is 0 Å². The Bertz CT molecular complexity index is 87.9. The van der Waals surface area contributed by atoms with Crippen molar-refractivity contribution in [2.75, 3.05) is 6.61 Å². The Morgan fingerprint density at radius 3 is 2.89 bits per heavy atom. The first-order chi connectivity index (χ1) is 4.31. The molecule has 0 saturated heterocycles. The highest BCUT2D eigenvalue weighted by Crippen LogP contribution is 2.02. The number of hydrogen-bond acceptors (Lipinski definition) is 5. The van der Waals surface area contributed by atoms with Crippen LogP contribution < -0.4 is 5.90 Å². The predicted molar refractivity (Wildman–Crippen MR) is 34.5 cm³/mol. The molecule has 0 fully saturated rings. The van der Waals surface area contributed by atoms with Crippen molar-refractivity contribution in [2.45, 2.75) is 13.3 Å². The van der Waals surface area contributed by atoms with Gasteiger partial charge >= 0.3 is 5.30 Å². The second kappa shape index (κ2) is 5.87. The quantitative estimate of drug-likeness (QED) is 0.371. The van der Waals surface area contributed by atoms with Crippen molar-refractivity contribution in [3.05, 3.63) is 0 Å². The lowest BCUT2D eigenvalue weighted by Crippen LogP contribution is -2.01. The minimum atomic E-state index is -0.501. The van der Waals surface area contributed by atoms with E-state index in [2.05, 4.69) is 14.9 Å². The molecule has 0 aromatic heterocycles. The zero-order chi connectivity index (χ0) is 7.11. The fourth-order valence-corrected chi connectivity index (χ4v) is 0.459. The van der Waals surface area contributed by atoms with Gasteiger partial charge in [-0.05, 0) is 6.42 Å². The van der Waals surface area contributed by atoms with Crippen molar-refractivity contribution in [3.63, 3.8) is 0 Å². The molecular weight excluding hydrogens is 142 g/mol. The van der Waals surface area contributed by atoms with Crippen LogP contribution in [0.4, 0.5) is 4.79 Å². The summed E-state index contributed by atoms with van der Waals surface area (Å²) in [7, 11) is 0. The van der Waals surface area contributed by atoms with E-state index in [-0.39, 0.29) is 0 Å². The van der Waals surface area contributed by atoms with Crippen LogP contribution in [0.3, 0.4) is 0 Å². The van der Waals surface area contributed by atoms with E-state index in [1.54, 1.807) is 0 Å². The van der Waals surface area contributed by atoms with E-state index in [9.17, 15) is 4.79 Å². The Balaban J connectivity index is 3.06. The van der Waals surface area contributed by atoms with Gasteiger partial charge in [0.25, 0.3) is 0 Å². The van der Waals surface area contributed by atoms with Gasteiger partial charge in [-0.2, -0.15) is 0 Å². The van der Waals surface area contributed by atoms with E-state index in [4.69, 9.17) is 0 Å². The molecule has 0 amide bonds. The van der Waals surface area contributed by atoms with Gasteiger partial charge in [0.1, 0.15) is 12.0 Å². The van der Waals surface area contributed by atoms with Gasteiger partial charge in [-0.15, -0.1) is 0 Å². The third-order valence-electron chi connectivity index (χ3n) is 0.540. The van der Waals surface area contributed by atoms with Crippen LogP contribution >= 0.6 is 12.0 Å². The number of carbonyl (C=O) groups excluding carboxylic acids is 1. The Morgan fingerprint density at radius 2 is 2.44 bits per heavy atom. The maximum atomic E-state index is 10.3. The first kappa shape index (κ1) is 8.74. The lowest BCUT2D eigenvalue weighted by molar-refractivity contribution is 0.172. The van der Waals surface area contributed by atoms with Crippen LogP contribution in [0.1, 0.15) is 13.3 Å². The molecular formula is C4H9NO3S. The van der Waals surface area contributed by atoms with E-state index < -0.39 is 5.30 Å². The van der Waals surface area contributed by atoms with E-state index in [1.165, 1.54) is 0 Å². The van der Waals surface area contributed by atoms with E-state index in [1.807, 2.05) is 6.92 Å². The number of hydrogen-bond donors (Lipinski definition) is 1. The number of carbonyl (C=O) groups is 1. The molecule has 0 saturated carbocycles. The van der Waals surface area contributed by atoms with Crippen LogP contribution in [0.5, 0.6) is 0 Å². The molecule has 0 radical (unpaired) electrons. The summed E-state index contributed by atoms with van der Waals surface area (Å²) in [5.74, 6) is 4.56. The zero-order valence-electron chi connectivity index (χ0n) is 5.12. The Hall–Kier alpha value is -0.260. The summed E-state index contributed by atoms with van der Waals surface area (Å²) in [6.45, 7) is 2.32. The molecule has 0 aliphatic rings. The number of rotatable bonds is 3. The maximum absolute atomic E-state index is 10.3. The molecule has 0 aromatic rings. The van der Waals surface area contributed by atoms with Gasteiger partial charge in [-0.25, -0.2) is 15.0 Å². The van der Waals surface area contributed by atoms with Crippen molar-refractivity contribution in [1.29, 1.82) is 0 Å². The van der Waals surface area contributed by atoms with Crippen molar-refractivity contribution >= 4 is 17.3 Å². The van der Waals surface area contributed by atoms with Crippen LogP contribution in [-0.2, 0) is 9.02 Å². The second-order valence-corrected chi connectivity index (χ2v) is 1.97. The molecule has 0 spiro atoms. The van der Waals surface area contributed by atoms with Gasteiger partial charge in [0.2, 0.25) is 0 Å². The summed E-state index contributed by atoms with van der Waals surface area (Å²) >= 11 is 0.488. The van der Waals surface area contributed by atoms with Crippen LogP contribution in [-0.4, -0.2) is 11.9 Å². The van der Waals surface area contributed by atoms with Crippen LogP contribution in [0, 0.1) is 0 Å². The minimum absolute atomic E-state index is 0.412. The molecule has 2 N–H and O–H groups in total. The van der Waals surface area contributed by atoms with Crippen LogP contribution in [0.15, 0.2) is 0 Å². The van der Waals surface area contributed by atoms with Gasteiger partial charge < -0.3 is 4.74 Å². The topological polar surface area (TPSA) is 61.5 Å². The summed E-state index contributed by atoms with van der Waals surface area (Å²) in [6, 6.07) is 0. The summed E-state index contributed by atoms with van der Waals surface area (Å²) in [5.41, 5.74) is 0. The molecule has 0 aliphatic heterocycles. The lowest BCUT2D eigenvalue weighted by atomic mass is 10.5. The van der Waals surface area contributed by atoms with Gasteiger partial charge in [0.05, 0.1) is 6.61 Å². The summed E-state index contributed by atoms with van der Waals surface area (Å²) in [6.07, 6.45) is 0.802. The maximum Gasteiger partial charge on any atom is 0.396 e. The van der Waals surface area contributed by atoms with E-state index in [0.717, 1.165) is 6.42 Å². The third kappa shape index (κ3) is 5.61. The largest absolute Gasteiger partial charge is 0.456 e. The molecule has 0 atom stereocenters. The van der Waals surface area contributed by atoms with Crippen LogP contribution in [0.25, 0.3) is 0 Å². The Morgan fingerprint density at radius 1 is 1.78 bits per heavy atom. The highest BCUT2D eigenvalue weighted by molar-refractivity contribution is 8.09. The van der Waals surface area contributed by atoms with Gasteiger partial charge in [-0.3, -0.25) is 0 Å². The molecule has 54 valence electrons. The third-order valence-corrected chi connectivity index (χ3v) is 0.890. The molecule has 4 nitrogen and oxygen atoms in total. The molecule has 0 unspecified atom stereocenters. The highest BCUT2D eigenvalue weighted by atomic mass is 32.2. The molecule has 5 heteroatoms. The average molecular weight is 151 g/mol. The molecule has 9 heavy (non-hydrogen) atoms. The SMILES string of the molecule is CCCOC(=O)SON. The number of nitrogens with two attached hydrogens (primary N) is 1. The zero-order valence-corrected chi connectivity index (χ0v) is 5.94. The van der Waals surface area contributed by atoms with Crippen molar-refractivity contribution in [1.82, 2.24) is 0 Å².